The monoisotopic (exact) mass is 483 g/mol. The van der Waals surface area contributed by atoms with Crippen LogP contribution in [-0.2, 0) is 16.0 Å². The topological polar surface area (TPSA) is 118 Å². The maximum atomic E-state index is 12.5. The summed E-state index contributed by atoms with van der Waals surface area (Å²) in [6.07, 6.45) is 2.50. The lowest BCUT2D eigenvalue weighted by Crippen LogP contribution is -2.43. The van der Waals surface area contributed by atoms with Crippen molar-refractivity contribution in [1.82, 2.24) is 10.3 Å². The number of aliphatic hydroxyl groups is 1. The van der Waals surface area contributed by atoms with E-state index in [9.17, 15) is 9.59 Å². The highest BCUT2D eigenvalue weighted by Crippen LogP contribution is 2.41. The smallest absolute Gasteiger partial charge is 0.224 e. The van der Waals surface area contributed by atoms with Gasteiger partial charge >= 0.3 is 0 Å². The Morgan fingerprint density at radius 3 is 2.53 bits per heavy atom. The van der Waals surface area contributed by atoms with Crippen LogP contribution in [0.3, 0.4) is 0 Å². The van der Waals surface area contributed by atoms with Crippen LogP contribution in [0.25, 0.3) is 11.1 Å². The summed E-state index contributed by atoms with van der Waals surface area (Å²) in [4.78, 5) is 30.6. The minimum absolute atomic E-state index is 0.00437. The fraction of sp³-hybridized carbons (Fsp3) is 0.286. The highest BCUT2D eigenvalue weighted by molar-refractivity contribution is 5.94. The molecule has 0 aliphatic carbocycles. The van der Waals surface area contributed by atoms with E-state index < -0.39 is 0 Å². The van der Waals surface area contributed by atoms with Gasteiger partial charge in [-0.15, -0.1) is 0 Å². The minimum atomic E-state index is -0.130. The Labute approximate surface area is 210 Å². The molecule has 2 amide bonds. The predicted octanol–water partition coefficient (Wildman–Crippen LogP) is 3.57. The Kier molecular flexibility index (Phi) is 7.62. The Hall–Kier alpha value is -4.22. The van der Waals surface area contributed by atoms with Crippen molar-refractivity contribution in [1.29, 1.82) is 5.26 Å². The van der Waals surface area contributed by atoms with Gasteiger partial charge in [-0.25, -0.2) is 4.98 Å². The molecule has 8 nitrogen and oxygen atoms in total. The van der Waals surface area contributed by atoms with Gasteiger partial charge in [-0.1, -0.05) is 30.3 Å². The molecule has 0 fully saturated rings. The standard InChI is InChI=1S/C28H29N5O3/c1-18-13-25(32-27-10-5-21(16-29)17-31-27)24-15-23(8-9-26(24)33(18)19(2)35)22-6-3-20(4-7-22)14-28(36)30-11-12-34/h3-10,15,17-18,25,34H,11-14H2,1-2H3,(H,30,36)(H,31,32). The molecule has 2 unspecified atom stereocenters. The first kappa shape index (κ1) is 24.9. The predicted molar refractivity (Wildman–Crippen MR) is 138 cm³/mol. The molecule has 0 bridgehead atoms. The molecule has 36 heavy (non-hydrogen) atoms. The van der Waals surface area contributed by atoms with Crippen LogP contribution >= 0.6 is 0 Å². The van der Waals surface area contributed by atoms with E-state index in [1.165, 1.54) is 0 Å². The second-order valence-electron chi connectivity index (χ2n) is 8.94. The molecule has 1 aromatic heterocycles. The average Bonchev–Trinajstić information content (AvgIpc) is 2.88. The number of hydrogen-bond acceptors (Lipinski definition) is 6. The molecule has 1 aliphatic heterocycles. The number of anilines is 2. The quantitative estimate of drug-likeness (QED) is 0.473. The van der Waals surface area contributed by atoms with E-state index in [4.69, 9.17) is 10.4 Å². The highest BCUT2D eigenvalue weighted by Gasteiger charge is 2.32. The van der Waals surface area contributed by atoms with Gasteiger partial charge in [-0.3, -0.25) is 9.59 Å². The third kappa shape index (κ3) is 5.53. The summed E-state index contributed by atoms with van der Waals surface area (Å²) < 4.78 is 0. The number of carbonyl (C=O) groups is 2. The molecule has 3 aromatic rings. The zero-order valence-corrected chi connectivity index (χ0v) is 20.4. The molecule has 0 saturated carbocycles. The number of nitriles is 1. The lowest BCUT2D eigenvalue weighted by molar-refractivity contribution is -0.120. The zero-order chi connectivity index (χ0) is 25.7. The van der Waals surface area contributed by atoms with Crippen LogP contribution in [-0.4, -0.2) is 41.1 Å². The summed E-state index contributed by atoms with van der Waals surface area (Å²) in [6, 6.07) is 19.4. The molecule has 0 radical (unpaired) electrons. The van der Waals surface area contributed by atoms with Gasteiger partial charge in [0.1, 0.15) is 11.9 Å². The molecule has 4 rings (SSSR count). The number of fused-ring (bicyclic) bond motifs is 1. The molecular formula is C28H29N5O3. The molecule has 2 heterocycles. The lowest BCUT2D eigenvalue weighted by Gasteiger charge is -2.39. The maximum absolute atomic E-state index is 12.5. The normalized spacial score (nSPS) is 16.6. The van der Waals surface area contributed by atoms with Crippen molar-refractivity contribution in [2.75, 3.05) is 23.4 Å². The first-order valence-electron chi connectivity index (χ1n) is 11.9. The molecule has 2 aromatic carbocycles. The highest BCUT2D eigenvalue weighted by atomic mass is 16.3. The molecule has 0 spiro atoms. The molecule has 2 atom stereocenters. The summed E-state index contributed by atoms with van der Waals surface area (Å²) >= 11 is 0. The van der Waals surface area contributed by atoms with Crippen molar-refractivity contribution in [2.45, 2.75) is 38.8 Å². The van der Waals surface area contributed by atoms with Crippen molar-refractivity contribution < 1.29 is 14.7 Å². The number of aliphatic hydroxyl groups excluding tert-OH is 1. The summed E-state index contributed by atoms with van der Waals surface area (Å²) in [5, 5.41) is 24.1. The first-order valence-corrected chi connectivity index (χ1v) is 11.9. The molecule has 3 N–H and O–H groups in total. The summed E-state index contributed by atoms with van der Waals surface area (Å²) in [7, 11) is 0. The Bertz CT molecular complexity index is 1280. The number of amides is 2. The molecule has 1 aliphatic rings. The van der Waals surface area contributed by atoms with Gasteiger partial charge in [0.25, 0.3) is 0 Å². The fourth-order valence-corrected chi connectivity index (χ4v) is 4.64. The summed E-state index contributed by atoms with van der Waals surface area (Å²) in [5.74, 6) is 0.535. The van der Waals surface area contributed by atoms with Crippen LogP contribution in [0.15, 0.2) is 60.8 Å². The SMILES string of the molecule is CC(=O)N1c2ccc(-c3ccc(CC(=O)NCCO)cc3)cc2C(Nc2ccc(C#N)cn2)CC1C. The number of rotatable bonds is 7. The number of nitrogens with one attached hydrogen (secondary N) is 2. The largest absolute Gasteiger partial charge is 0.395 e. The average molecular weight is 484 g/mol. The number of aromatic nitrogens is 1. The number of carbonyl (C=O) groups excluding carboxylic acids is 2. The van der Waals surface area contributed by atoms with Crippen molar-refractivity contribution in [3.63, 3.8) is 0 Å². The molecule has 8 heteroatoms. The van der Waals surface area contributed by atoms with Crippen LogP contribution in [0.4, 0.5) is 11.5 Å². The van der Waals surface area contributed by atoms with Gasteiger partial charge in [-0.2, -0.15) is 5.26 Å². The third-order valence-corrected chi connectivity index (χ3v) is 6.32. The summed E-state index contributed by atoms with van der Waals surface area (Å²) in [6.45, 7) is 3.78. The first-order chi connectivity index (χ1) is 17.4. The van der Waals surface area contributed by atoms with Gasteiger partial charge in [0.15, 0.2) is 0 Å². The molecule has 0 saturated heterocycles. The van der Waals surface area contributed by atoms with E-state index in [-0.39, 0.29) is 43.5 Å². The van der Waals surface area contributed by atoms with Crippen molar-refractivity contribution in [2.24, 2.45) is 0 Å². The Morgan fingerprint density at radius 1 is 1.14 bits per heavy atom. The minimum Gasteiger partial charge on any atom is -0.395 e. The van der Waals surface area contributed by atoms with Gasteiger partial charge in [0.2, 0.25) is 11.8 Å². The number of pyridine rings is 1. The third-order valence-electron chi connectivity index (χ3n) is 6.32. The van der Waals surface area contributed by atoms with Gasteiger partial charge in [0.05, 0.1) is 24.6 Å². The Balaban J connectivity index is 1.63. The van der Waals surface area contributed by atoms with Crippen LogP contribution in [0.1, 0.15) is 43.0 Å². The number of benzene rings is 2. The summed E-state index contributed by atoms with van der Waals surface area (Å²) in [5.41, 5.74) is 5.25. The zero-order valence-electron chi connectivity index (χ0n) is 20.4. The number of hydrogen-bond donors (Lipinski definition) is 3. The maximum Gasteiger partial charge on any atom is 0.224 e. The molecular weight excluding hydrogens is 454 g/mol. The fourth-order valence-electron chi connectivity index (χ4n) is 4.64. The van der Waals surface area contributed by atoms with Crippen molar-refractivity contribution in [3.05, 3.63) is 77.5 Å². The van der Waals surface area contributed by atoms with Gasteiger partial charge < -0.3 is 20.6 Å². The van der Waals surface area contributed by atoms with Crippen molar-refractivity contribution in [3.8, 4) is 17.2 Å². The van der Waals surface area contributed by atoms with Crippen molar-refractivity contribution >= 4 is 23.3 Å². The van der Waals surface area contributed by atoms with E-state index >= 15 is 0 Å². The van der Waals surface area contributed by atoms with E-state index in [0.29, 0.717) is 17.8 Å². The second kappa shape index (κ2) is 11.0. The van der Waals surface area contributed by atoms with Crippen LogP contribution in [0.5, 0.6) is 0 Å². The second-order valence-corrected chi connectivity index (χ2v) is 8.94. The van der Waals surface area contributed by atoms with Gasteiger partial charge in [0, 0.05) is 31.4 Å². The van der Waals surface area contributed by atoms with E-state index in [0.717, 1.165) is 27.9 Å². The Morgan fingerprint density at radius 2 is 1.89 bits per heavy atom. The lowest BCUT2D eigenvalue weighted by atomic mass is 9.89. The van der Waals surface area contributed by atoms with E-state index in [1.54, 1.807) is 25.3 Å². The molecule has 184 valence electrons. The van der Waals surface area contributed by atoms with E-state index in [2.05, 4.69) is 27.8 Å². The number of nitrogens with zero attached hydrogens (tertiary/aromatic N) is 3. The van der Waals surface area contributed by atoms with Crippen LogP contribution < -0.4 is 15.5 Å². The van der Waals surface area contributed by atoms with Crippen LogP contribution in [0.2, 0.25) is 0 Å². The van der Waals surface area contributed by atoms with Gasteiger partial charge in [-0.05, 0) is 59.9 Å². The van der Waals surface area contributed by atoms with Crippen LogP contribution in [0, 0.1) is 11.3 Å². The van der Waals surface area contributed by atoms with E-state index in [1.807, 2.05) is 48.2 Å².